The van der Waals surface area contributed by atoms with E-state index in [4.69, 9.17) is 0 Å². The molecular weight excluding hydrogens is 422 g/mol. The molecule has 2 aromatic heterocycles. The molecule has 7 nitrogen and oxygen atoms in total. The molecule has 2 aliphatic heterocycles. The van der Waals surface area contributed by atoms with E-state index in [2.05, 4.69) is 78.6 Å². The van der Waals surface area contributed by atoms with Gasteiger partial charge in [-0.3, -0.25) is 9.47 Å². The van der Waals surface area contributed by atoms with Gasteiger partial charge in [-0.25, -0.2) is 4.98 Å². The van der Waals surface area contributed by atoms with Crippen LogP contribution in [-0.2, 0) is 6.54 Å². The summed E-state index contributed by atoms with van der Waals surface area (Å²) in [5, 5.41) is 16.3. The molecule has 7 heteroatoms. The average molecular weight is 452 g/mol. The first kappa shape index (κ1) is 21.0. The lowest BCUT2D eigenvalue weighted by Gasteiger charge is -2.32. The highest BCUT2D eigenvalue weighted by Crippen LogP contribution is 2.38. The van der Waals surface area contributed by atoms with E-state index in [0.29, 0.717) is 6.04 Å². The Morgan fingerprint density at radius 1 is 0.941 bits per heavy atom. The zero-order valence-corrected chi connectivity index (χ0v) is 19.4. The molecule has 0 amide bonds. The van der Waals surface area contributed by atoms with Crippen molar-refractivity contribution in [2.45, 2.75) is 32.4 Å². The Kier molecular flexibility index (Phi) is 5.57. The van der Waals surface area contributed by atoms with Crippen molar-refractivity contribution < 1.29 is 0 Å². The van der Waals surface area contributed by atoms with Crippen molar-refractivity contribution in [2.24, 2.45) is 0 Å². The smallest absolute Gasteiger partial charge is 0.171 e. The Morgan fingerprint density at radius 3 is 2.56 bits per heavy atom. The Balaban J connectivity index is 1.30. The molecule has 0 bridgehead atoms. The molecule has 1 fully saturated rings. The normalized spacial score (nSPS) is 15.7. The molecule has 4 aromatic rings. The molecule has 0 spiro atoms. The number of nitrogens with one attached hydrogen (secondary N) is 2. The number of hydrogen-bond donors (Lipinski definition) is 2. The van der Waals surface area contributed by atoms with E-state index in [1.165, 1.54) is 18.4 Å². The number of pyridine rings is 1. The minimum absolute atomic E-state index is 0.670. The van der Waals surface area contributed by atoms with Crippen LogP contribution in [0.2, 0.25) is 0 Å². The van der Waals surface area contributed by atoms with Gasteiger partial charge in [0.05, 0.1) is 11.4 Å². The quantitative estimate of drug-likeness (QED) is 0.406. The van der Waals surface area contributed by atoms with Gasteiger partial charge in [0.25, 0.3) is 0 Å². The first-order valence-electron chi connectivity index (χ1n) is 12.1. The minimum atomic E-state index is 0.670. The first-order valence-corrected chi connectivity index (χ1v) is 12.1. The molecule has 34 heavy (non-hydrogen) atoms. The van der Waals surface area contributed by atoms with Crippen LogP contribution in [0.4, 0.5) is 11.5 Å². The molecule has 0 radical (unpaired) electrons. The van der Waals surface area contributed by atoms with Crippen molar-refractivity contribution in [2.75, 3.05) is 25.0 Å². The molecule has 0 atom stereocenters. The van der Waals surface area contributed by atoms with E-state index in [1.807, 2.05) is 24.3 Å². The predicted molar refractivity (Wildman–Crippen MR) is 135 cm³/mol. The number of nitrogens with zero attached hydrogens (tertiary/aromatic N) is 5. The maximum Gasteiger partial charge on any atom is 0.171 e. The number of likely N-dealkylation sites (tertiary alicyclic amines) is 1. The Morgan fingerprint density at radius 2 is 1.74 bits per heavy atom. The number of piperidine rings is 1. The number of rotatable bonds is 5. The van der Waals surface area contributed by atoms with Crippen LogP contribution in [0.3, 0.4) is 0 Å². The predicted octanol–water partition coefficient (Wildman–Crippen LogP) is 4.63. The summed E-state index contributed by atoms with van der Waals surface area (Å²) in [4.78, 5) is 7.14. The molecule has 2 N–H and O–H groups in total. The average Bonchev–Trinajstić information content (AvgIpc) is 3.25. The molecular formula is C27H29N7. The maximum atomic E-state index is 4.62. The SMILES string of the molecule is CCNC1CCN(Cc2ccc(-c3nnc4n3-c3cccnc3Nc3ccccc3-4)cc2)CC1. The molecule has 0 unspecified atom stereocenters. The van der Waals surface area contributed by atoms with Crippen molar-refractivity contribution in [3.63, 3.8) is 0 Å². The van der Waals surface area contributed by atoms with Gasteiger partial charge in [-0.2, -0.15) is 0 Å². The topological polar surface area (TPSA) is 70.9 Å². The number of hydrogen-bond acceptors (Lipinski definition) is 6. The third kappa shape index (κ3) is 3.87. The first-order chi connectivity index (χ1) is 16.8. The van der Waals surface area contributed by atoms with Gasteiger partial charge in [0, 0.05) is 29.9 Å². The van der Waals surface area contributed by atoms with Crippen molar-refractivity contribution in [3.8, 4) is 28.5 Å². The summed E-state index contributed by atoms with van der Waals surface area (Å²) in [5.74, 6) is 2.44. The summed E-state index contributed by atoms with van der Waals surface area (Å²) in [6, 6.07) is 21.6. The van der Waals surface area contributed by atoms with Crippen LogP contribution >= 0.6 is 0 Å². The number of benzene rings is 2. The molecule has 0 saturated carbocycles. The minimum Gasteiger partial charge on any atom is -0.338 e. The van der Waals surface area contributed by atoms with Gasteiger partial charge in [0.15, 0.2) is 17.5 Å². The highest BCUT2D eigenvalue weighted by atomic mass is 15.3. The van der Waals surface area contributed by atoms with Gasteiger partial charge in [-0.05, 0) is 62.3 Å². The summed E-state index contributed by atoms with van der Waals surface area (Å²) >= 11 is 0. The summed E-state index contributed by atoms with van der Waals surface area (Å²) in [7, 11) is 0. The fraction of sp³-hybridized carbons (Fsp3) is 0.296. The van der Waals surface area contributed by atoms with Gasteiger partial charge in [-0.1, -0.05) is 43.3 Å². The van der Waals surface area contributed by atoms with Crippen LogP contribution in [0.1, 0.15) is 25.3 Å². The van der Waals surface area contributed by atoms with E-state index in [-0.39, 0.29) is 0 Å². The third-order valence-electron chi connectivity index (χ3n) is 6.81. The van der Waals surface area contributed by atoms with Crippen molar-refractivity contribution >= 4 is 11.5 Å². The summed E-state index contributed by atoms with van der Waals surface area (Å²) in [6.07, 6.45) is 4.25. The second-order valence-electron chi connectivity index (χ2n) is 9.03. The van der Waals surface area contributed by atoms with Crippen LogP contribution in [0.25, 0.3) is 28.5 Å². The molecule has 172 valence electrons. The van der Waals surface area contributed by atoms with Crippen LogP contribution in [0, 0.1) is 0 Å². The highest BCUT2D eigenvalue weighted by molar-refractivity contribution is 5.84. The fourth-order valence-electron chi connectivity index (χ4n) is 5.06. The van der Waals surface area contributed by atoms with Crippen molar-refractivity contribution in [1.29, 1.82) is 0 Å². The van der Waals surface area contributed by atoms with Crippen molar-refractivity contribution in [3.05, 3.63) is 72.4 Å². The largest absolute Gasteiger partial charge is 0.338 e. The molecule has 0 aliphatic carbocycles. The van der Waals surface area contributed by atoms with Crippen LogP contribution in [0.5, 0.6) is 0 Å². The zero-order valence-electron chi connectivity index (χ0n) is 19.4. The van der Waals surface area contributed by atoms with Crippen LogP contribution < -0.4 is 10.6 Å². The maximum absolute atomic E-state index is 4.62. The van der Waals surface area contributed by atoms with Gasteiger partial charge in [-0.15, -0.1) is 10.2 Å². The lowest BCUT2D eigenvalue weighted by molar-refractivity contribution is 0.192. The Bertz CT molecular complexity index is 1290. The summed E-state index contributed by atoms with van der Waals surface area (Å²) < 4.78 is 2.11. The Labute approximate surface area is 199 Å². The monoisotopic (exact) mass is 451 g/mol. The Hall–Kier alpha value is -3.55. The number of anilines is 2. The van der Waals surface area contributed by atoms with E-state index in [1.54, 1.807) is 6.20 Å². The lowest BCUT2D eigenvalue weighted by atomic mass is 10.0. The van der Waals surface area contributed by atoms with E-state index < -0.39 is 0 Å². The number of para-hydroxylation sites is 1. The lowest BCUT2D eigenvalue weighted by Crippen LogP contribution is -2.42. The van der Waals surface area contributed by atoms with E-state index in [0.717, 1.165) is 66.1 Å². The molecule has 6 rings (SSSR count). The zero-order chi connectivity index (χ0) is 22.9. The number of fused-ring (bicyclic) bond motifs is 5. The summed E-state index contributed by atoms with van der Waals surface area (Å²) in [6.45, 7) is 6.52. The fourth-order valence-corrected chi connectivity index (χ4v) is 5.06. The van der Waals surface area contributed by atoms with Gasteiger partial charge < -0.3 is 10.6 Å². The summed E-state index contributed by atoms with van der Waals surface area (Å²) in [5.41, 5.74) is 5.31. The van der Waals surface area contributed by atoms with E-state index >= 15 is 0 Å². The standard InChI is InChI=1S/C27H29N7/c1-2-28-21-13-16-33(17-14-21)18-19-9-11-20(12-10-19)26-31-32-27-22-6-3-4-7-23(22)30-25-24(34(26)27)8-5-15-29-25/h3-12,15,21,28H,2,13-14,16-18H2,1H3,(H,29,30). The van der Waals surface area contributed by atoms with Gasteiger partial charge in [0.2, 0.25) is 0 Å². The second-order valence-corrected chi connectivity index (χ2v) is 9.03. The van der Waals surface area contributed by atoms with Crippen LogP contribution in [0.15, 0.2) is 66.9 Å². The highest BCUT2D eigenvalue weighted by Gasteiger charge is 2.25. The molecule has 2 aliphatic rings. The third-order valence-corrected chi connectivity index (χ3v) is 6.81. The van der Waals surface area contributed by atoms with Crippen LogP contribution in [-0.4, -0.2) is 50.3 Å². The van der Waals surface area contributed by atoms with Crippen molar-refractivity contribution in [1.82, 2.24) is 30.0 Å². The molecule has 1 saturated heterocycles. The van der Waals surface area contributed by atoms with Gasteiger partial charge >= 0.3 is 0 Å². The van der Waals surface area contributed by atoms with Gasteiger partial charge in [0.1, 0.15) is 0 Å². The molecule has 4 heterocycles. The molecule has 2 aromatic carbocycles. The number of aromatic nitrogens is 4. The second kappa shape index (κ2) is 9.00. The van der Waals surface area contributed by atoms with E-state index in [9.17, 15) is 0 Å².